The second-order valence-corrected chi connectivity index (χ2v) is 9.36. The highest BCUT2D eigenvalue weighted by Gasteiger charge is 2.28. The zero-order chi connectivity index (χ0) is 15.6. The molecule has 2 rings (SSSR count). The molecule has 2 heterocycles. The number of nitrogens with zero attached hydrogens (tertiary/aromatic N) is 1. The van der Waals surface area contributed by atoms with Gasteiger partial charge in [0.2, 0.25) is 10.0 Å². The van der Waals surface area contributed by atoms with Gasteiger partial charge < -0.3 is 5.32 Å². The van der Waals surface area contributed by atoms with E-state index >= 15 is 0 Å². The Labute approximate surface area is 132 Å². The lowest BCUT2D eigenvalue weighted by Gasteiger charge is -2.32. The fraction of sp³-hybridized carbons (Fsp3) is 0.733. The van der Waals surface area contributed by atoms with Crippen molar-refractivity contribution in [2.75, 3.05) is 26.4 Å². The topological polar surface area (TPSA) is 49.4 Å². The van der Waals surface area contributed by atoms with Gasteiger partial charge >= 0.3 is 0 Å². The summed E-state index contributed by atoms with van der Waals surface area (Å²) in [6.45, 7) is 5.65. The Bertz CT molecular complexity index is 561. The van der Waals surface area contributed by atoms with Gasteiger partial charge in [-0.1, -0.05) is 0 Å². The van der Waals surface area contributed by atoms with Gasteiger partial charge in [0.05, 0.1) is 6.26 Å². The molecule has 1 saturated heterocycles. The number of rotatable bonds is 5. The molecule has 1 aliphatic heterocycles. The Morgan fingerprint density at radius 1 is 1.48 bits per heavy atom. The van der Waals surface area contributed by atoms with Crippen LogP contribution < -0.4 is 5.32 Å². The zero-order valence-electron chi connectivity index (χ0n) is 13.3. The average molecular weight is 331 g/mol. The van der Waals surface area contributed by atoms with Crippen molar-refractivity contribution in [3.05, 3.63) is 21.4 Å². The van der Waals surface area contributed by atoms with Crippen LogP contribution in [0.1, 0.15) is 40.6 Å². The SMILES string of the molecule is CNC(CC1CCCN(S(C)(=O)=O)C1)c1cc(C)c(C)s1. The van der Waals surface area contributed by atoms with Crippen molar-refractivity contribution in [3.8, 4) is 0 Å². The molecular weight excluding hydrogens is 304 g/mol. The first kappa shape index (κ1) is 16.9. The first-order chi connectivity index (χ1) is 9.81. The smallest absolute Gasteiger partial charge is 0.211 e. The number of thiophene rings is 1. The van der Waals surface area contributed by atoms with Crippen LogP contribution in [0.25, 0.3) is 0 Å². The minimum Gasteiger partial charge on any atom is -0.312 e. The minimum absolute atomic E-state index is 0.326. The van der Waals surface area contributed by atoms with E-state index in [4.69, 9.17) is 0 Å². The van der Waals surface area contributed by atoms with Crippen LogP contribution in [-0.4, -0.2) is 39.1 Å². The summed E-state index contributed by atoms with van der Waals surface area (Å²) in [4.78, 5) is 2.73. The molecule has 2 atom stereocenters. The van der Waals surface area contributed by atoms with Gasteiger partial charge in [-0.25, -0.2) is 12.7 Å². The third kappa shape index (κ3) is 4.28. The van der Waals surface area contributed by atoms with Crippen LogP contribution in [0, 0.1) is 19.8 Å². The molecule has 1 aromatic heterocycles. The van der Waals surface area contributed by atoms with E-state index in [-0.39, 0.29) is 0 Å². The van der Waals surface area contributed by atoms with E-state index in [9.17, 15) is 8.42 Å². The van der Waals surface area contributed by atoms with Gasteiger partial charge in [-0.2, -0.15) is 0 Å². The largest absolute Gasteiger partial charge is 0.312 e. The van der Waals surface area contributed by atoms with Crippen molar-refractivity contribution >= 4 is 21.4 Å². The Morgan fingerprint density at radius 2 is 2.19 bits per heavy atom. The Hall–Kier alpha value is -0.430. The molecule has 1 N–H and O–H groups in total. The summed E-state index contributed by atoms with van der Waals surface area (Å²) in [6.07, 6.45) is 4.41. The van der Waals surface area contributed by atoms with E-state index in [0.29, 0.717) is 25.0 Å². The summed E-state index contributed by atoms with van der Waals surface area (Å²) in [7, 11) is -1.06. The normalized spacial score (nSPS) is 22.4. The molecule has 0 amide bonds. The van der Waals surface area contributed by atoms with Crippen LogP contribution in [-0.2, 0) is 10.0 Å². The molecule has 0 spiro atoms. The highest BCUT2D eigenvalue weighted by atomic mass is 32.2. The molecule has 0 bridgehead atoms. The fourth-order valence-corrected chi connectivity index (χ4v) is 5.11. The highest BCUT2D eigenvalue weighted by molar-refractivity contribution is 7.88. The minimum atomic E-state index is -3.05. The molecule has 21 heavy (non-hydrogen) atoms. The third-order valence-electron chi connectivity index (χ3n) is 4.40. The maximum absolute atomic E-state index is 11.7. The summed E-state index contributed by atoms with van der Waals surface area (Å²) in [5, 5.41) is 3.40. The van der Waals surface area contributed by atoms with Gasteiger partial charge in [-0.15, -0.1) is 11.3 Å². The molecular formula is C15H26N2O2S2. The Kier molecular flexibility index (Phi) is 5.46. The number of aryl methyl sites for hydroxylation is 2. The monoisotopic (exact) mass is 330 g/mol. The molecule has 1 aromatic rings. The summed E-state index contributed by atoms with van der Waals surface area (Å²) in [5.41, 5.74) is 1.34. The van der Waals surface area contributed by atoms with Crippen molar-refractivity contribution < 1.29 is 8.42 Å². The highest BCUT2D eigenvalue weighted by Crippen LogP contribution is 2.33. The first-order valence-corrected chi connectivity index (χ1v) is 10.2. The van der Waals surface area contributed by atoms with E-state index in [0.717, 1.165) is 19.3 Å². The lowest BCUT2D eigenvalue weighted by molar-refractivity contribution is 0.241. The molecule has 0 aliphatic carbocycles. The molecule has 6 heteroatoms. The molecule has 0 radical (unpaired) electrons. The maximum Gasteiger partial charge on any atom is 0.211 e. The molecule has 0 saturated carbocycles. The summed E-state index contributed by atoms with van der Waals surface area (Å²) in [5.74, 6) is 0.439. The van der Waals surface area contributed by atoms with E-state index in [1.54, 1.807) is 4.31 Å². The van der Waals surface area contributed by atoms with Gasteiger partial charge in [0.1, 0.15) is 0 Å². The molecule has 120 valence electrons. The van der Waals surface area contributed by atoms with Gasteiger partial charge in [0, 0.05) is 28.9 Å². The standard InChI is InChI=1S/C15H26N2O2S2/c1-11-8-15(20-12(11)2)14(16-3)9-13-6-5-7-17(10-13)21(4,18)19/h8,13-14,16H,5-7,9-10H2,1-4H3. The maximum atomic E-state index is 11.7. The number of piperidine rings is 1. The van der Waals surface area contributed by atoms with Crippen LogP contribution in [0.5, 0.6) is 0 Å². The van der Waals surface area contributed by atoms with E-state index in [2.05, 4.69) is 25.2 Å². The van der Waals surface area contributed by atoms with Gasteiger partial charge in [0.25, 0.3) is 0 Å². The van der Waals surface area contributed by atoms with Crippen molar-refractivity contribution in [1.29, 1.82) is 0 Å². The van der Waals surface area contributed by atoms with E-state index in [1.165, 1.54) is 21.6 Å². The number of nitrogens with one attached hydrogen (secondary N) is 1. The zero-order valence-corrected chi connectivity index (χ0v) is 15.0. The van der Waals surface area contributed by atoms with Gasteiger partial charge in [-0.3, -0.25) is 0 Å². The Balaban J connectivity index is 2.04. The number of hydrogen-bond acceptors (Lipinski definition) is 4. The van der Waals surface area contributed by atoms with Gasteiger partial charge in [0.15, 0.2) is 0 Å². The molecule has 2 unspecified atom stereocenters. The van der Waals surface area contributed by atoms with Crippen molar-refractivity contribution in [1.82, 2.24) is 9.62 Å². The molecule has 0 aromatic carbocycles. The molecule has 4 nitrogen and oxygen atoms in total. The summed E-state index contributed by atoms with van der Waals surface area (Å²) in [6, 6.07) is 2.59. The van der Waals surface area contributed by atoms with Crippen LogP contribution in [0.3, 0.4) is 0 Å². The van der Waals surface area contributed by atoms with E-state index in [1.807, 2.05) is 18.4 Å². The molecule has 1 fully saturated rings. The van der Waals surface area contributed by atoms with Crippen LogP contribution in [0.15, 0.2) is 6.07 Å². The predicted molar refractivity (Wildman–Crippen MR) is 89.4 cm³/mol. The van der Waals surface area contributed by atoms with Crippen LogP contribution in [0.2, 0.25) is 0 Å². The van der Waals surface area contributed by atoms with Crippen LogP contribution >= 0.6 is 11.3 Å². The van der Waals surface area contributed by atoms with Gasteiger partial charge in [-0.05, 0) is 57.7 Å². The van der Waals surface area contributed by atoms with Crippen molar-refractivity contribution in [3.63, 3.8) is 0 Å². The van der Waals surface area contributed by atoms with Crippen molar-refractivity contribution in [2.45, 2.75) is 39.2 Å². The average Bonchev–Trinajstić information content (AvgIpc) is 2.75. The quantitative estimate of drug-likeness (QED) is 0.903. The second kappa shape index (κ2) is 6.77. The van der Waals surface area contributed by atoms with E-state index < -0.39 is 10.0 Å². The lowest BCUT2D eigenvalue weighted by atomic mass is 9.92. The summed E-state index contributed by atoms with van der Waals surface area (Å²) < 4.78 is 25.1. The van der Waals surface area contributed by atoms with Crippen LogP contribution in [0.4, 0.5) is 0 Å². The Morgan fingerprint density at radius 3 is 2.71 bits per heavy atom. The lowest BCUT2D eigenvalue weighted by Crippen LogP contribution is -2.40. The first-order valence-electron chi connectivity index (χ1n) is 7.50. The third-order valence-corrected chi connectivity index (χ3v) is 6.93. The second-order valence-electron chi connectivity index (χ2n) is 6.09. The van der Waals surface area contributed by atoms with Crippen molar-refractivity contribution in [2.24, 2.45) is 5.92 Å². The number of hydrogen-bond donors (Lipinski definition) is 1. The number of sulfonamides is 1. The summed E-state index contributed by atoms with van der Waals surface area (Å²) >= 11 is 1.85. The molecule has 1 aliphatic rings. The predicted octanol–water partition coefficient (Wildman–Crippen LogP) is 2.69. The fourth-order valence-electron chi connectivity index (χ4n) is 3.00.